The van der Waals surface area contributed by atoms with Crippen LogP contribution < -0.4 is 20.3 Å². The van der Waals surface area contributed by atoms with Crippen molar-refractivity contribution in [2.45, 2.75) is 39.3 Å². The van der Waals surface area contributed by atoms with Crippen LogP contribution in [0.25, 0.3) is 5.69 Å². The number of rotatable bonds is 7. The van der Waals surface area contributed by atoms with Crippen molar-refractivity contribution in [3.63, 3.8) is 0 Å². The number of anilines is 2. The molecule has 2 N–H and O–H groups in total. The van der Waals surface area contributed by atoms with Crippen molar-refractivity contribution in [1.82, 2.24) is 14.9 Å². The number of pyridine rings is 1. The van der Waals surface area contributed by atoms with E-state index < -0.39 is 0 Å². The van der Waals surface area contributed by atoms with Crippen LogP contribution in [-0.4, -0.2) is 27.7 Å². The van der Waals surface area contributed by atoms with Crippen LogP contribution in [-0.2, 0) is 4.79 Å². The third-order valence-electron chi connectivity index (χ3n) is 7.10. The highest BCUT2D eigenvalue weighted by atomic mass is 35.5. The van der Waals surface area contributed by atoms with Gasteiger partial charge in [0, 0.05) is 40.8 Å². The number of nitrogens with one attached hydrogen (secondary N) is 2. The third kappa shape index (κ3) is 5.14. The number of aromatic nitrogens is 2. The van der Waals surface area contributed by atoms with Crippen molar-refractivity contribution in [2.24, 2.45) is 0 Å². The highest BCUT2D eigenvalue weighted by molar-refractivity contribution is 7.80. The van der Waals surface area contributed by atoms with Crippen LogP contribution in [0.1, 0.15) is 48.1 Å². The summed E-state index contributed by atoms with van der Waals surface area (Å²) in [6.45, 7) is 5.93. The summed E-state index contributed by atoms with van der Waals surface area (Å²) in [7, 11) is 1.58. The second-order valence-corrected chi connectivity index (χ2v) is 10.8. The number of methoxy groups -OCH3 is 1. The number of ether oxygens (including phenoxy) is 1. The van der Waals surface area contributed by atoms with Gasteiger partial charge >= 0.3 is 0 Å². The number of carbonyl (C=O) groups excluding carboxylic acids is 1. The first kappa shape index (κ1) is 28.0. The van der Waals surface area contributed by atoms with Gasteiger partial charge in [0.05, 0.1) is 41.3 Å². The SMILES string of the molecule is CCC(=O)Nc1ccc(N2C(=S)N[C@H](c3ccccn3)[C@H]2c2cc(C)n(-c3ccc(Cl)cc3Cl)c2C)cc1OC. The fraction of sp³-hybridized carbons (Fsp3) is 0.233. The highest BCUT2D eigenvalue weighted by Crippen LogP contribution is 2.45. The molecular weight excluding hydrogens is 565 g/mol. The molecule has 2 atom stereocenters. The number of amides is 1. The summed E-state index contributed by atoms with van der Waals surface area (Å²) in [4.78, 5) is 18.8. The Balaban J connectivity index is 1.66. The monoisotopic (exact) mass is 593 g/mol. The van der Waals surface area contributed by atoms with E-state index in [0.29, 0.717) is 33.0 Å². The van der Waals surface area contributed by atoms with Crippen molar-refractivity contribution >= 4 is 57.8 Å². The maximum atomic E-state index is 12.1. The van der Waals surface area contributed by atoms with Gasteiger partial charge in [-0.3, -0.25) is 9.78 Å². The number of aryl methyl sites for hydroxylation is 1. The number of thiocarbonyl (C=S) groups is 1. The summed E-state index contributed by atoms with van der Waals surface area (Å²) in [5.74, 6) is 0.450. The minimum atomic E-state index is -0.241. The van der Waals surface area contributed by atoms with Gasteiger partial charge in [-0.15, -0.1) is 0 Å². The number of hydrogen-bond acceptors (Lipinski definition) is 4. The van der Waals surface area contributed by atoms with Crippen LogP contribution in [0.3, 0.4) is 0 Å². The van der Waals surface area contributed by atoms with E-state index in [4.69, 9.17) is 40.2 Å². The standard InChI is InChI=1S/C30H29Cl2N5O2S/c1-5-27(38)34-23-11-10-20(16-26(23)39-4)37-29(28(35-30(37)40)24-8-6-7-13-33-24)21-14-17(2)36(18(21)3)25-12-9-19(31)15-22(25)32/h6-16,28-29H,5H2,1-4H3,(H,34,38)(H,35,40)/t28-,29-/m1/s1. The Labute approximate surface area is 249 Å². The van der Waals surface area contributed by atoms with Crippen LogP contribution in [0, 0.1) is 13.8 Å². The van der Waals surface area contributed by atoms with E-state index in [2.05, 4.69) is 45.0 Å². The molecule has 5 rings (SSSR count). The van der Waals surface area contributed by atoms with Gasteiger partial charge in [-0.05, 0) is 80.2 Å². The Kier molecular flexibility index (Phi) is 8.03. The van der Waals surface area contributed by atoms with Crippen LogP contribution in [0.2, 0.25) is 10.0 Å². The number of carbonyl (C=O) groups is 1. The van der Waals surface area contributed by atoms with Gasteiger partial charge in [0.2, 0.25) is 5.91 Å². The molecule has 0 spiro atoms. The highest BCUT2D eigenvalue weighted by Gasteiger charge is 2.42. The summed E-state index contributed by atoms with van der Waals surface area (Å²) >= 11 is 18.8. The van der Waals surface area contributed by atoms with Crippen LogP contribution in [0.5, 0.6) is 5.75 Å². The predicted octanol–water partition coefficient (Wildman–Crippen LogP) is 7.33. The second-order valence-electron chi connectivity index (χ2n) is 9.54. The quantitative estimate of drug-likeness (QED) is 0.219. The maximum Gasteiger partial charge on any atom is 0.224 e. The van der Waals surface area contributed by atoms with E-state index in [0.717, 1.165) is 34.0 Å². The molecule has 1 aliphatic rings. The van der Waals surface area contributed by atoms with Gasteiger partial charge in [-0.25, -0.2) is 0 Å². The molecular formula is C30H29Cl2N5O2S. The van der Waals surface area contributed by atoms with Gasteiger partial charge in [-0.1, -0.05) is 36.2 Å². The molecule has 206 valence electrons. The van der Waals surface area contributed by atoms with Crippen molar-refractivity contribution in [3.8, 4) is 11.4 Å². The summed E-state index contributed by atoms with van der Waals surface area (Å²) in [5, 5.41) is 8.11. The van der Waals surface area contributed by atoms with Crippen molar-refractivity contribution in [1.29, 1.82) is 0 Å². The molecule has 0 saturated carbocycles. The first-order valence-corrected chi connectivity index (χ1v) is 14.0. The second kappa shape index (κ2) is 11.5. The zero-order chi connectivity index (χ0) is 28.6. The average molecular weight is 595 g/mol. The van der Waals surface area contributed by atoms with E-state index in [1.54, 1.807) is 26.3 Å². The Morgan fingerprint density at radius 3 is 2.60 bits per heavy atom. The Bertz CT molecular complexity index is 1590. The first-order chi connectivity index (χ1) is 19.2. The fourth-order valence-corrected chi connectivity index (χ4v) is 6.08. The lowest BCUT2D eigenvalue weighted by molar-refractivity contribution is -0.115. The number of hydrogen-bond donors (Lipinski definition) is 2. The minimum absolute atomic E-state index is 0.0918. The number of nitrogens with zero attached hydrogens (tertiary/aromatic N) is 3. The van der Waals surface area contributed by atoms with Gasteiger partial charge in [0.25, 0.3) is 0 Å². The lowest BCUT2D eigenvalue weighted by atomic mass is 9.96. The predicted molar refractivity (Wildman–Crippen MR) is 165 cm³/mol. The van der Waals surface area contributed by atoms with Gasteiger partial charge in [0.15, 0.2) is 5.11 Å². The molecule has 0 unspecified atom stereocenters. The van der Waals surface area contributed by atoms with Crippen LogP contribution in [0.4, 0.5) is 11.4 Å². The fourth-order valence-electron chi connectivity index (χ4n) is 5.24. The van der Waals surface area contributed by atoms with Crippen molar-refractivity contribution in [2.75, 3.05) is 17.3 Å². The minimum Gasteiger partial charge on any atom is -0.494 e. The average Bonchev–Trinajstić information content (AvgIpc) is 3.44. The van der Waals surface area contributed by atoms with E-state index in [9.17, 15) is 4.79 Å². The van der Waals surface area contributed by atoms with Crippen molar-refractivity contribution < 1.29 is 9.53 Å². The number of benzene rings is 2. The Morgan fingerprint density at radius 2 is 1.93 bits per heavy atom. The van der Waals surface area contributed by atoms with Crippen LogP contribution in [0.15, 0.2) is 66.9 Å². The molecule has 2 aromatic heterocycles. The Morgan fingerprint density at radius 1 is 1.12 bits per heavy atom. The smallest absolute Gasteiger partial charge is 0.224 e. The first-order valence-electron chi connectivity index (χ1n) is 12.9. The number of halogens is 2. The van der Waals surface area contributed by atoms with E-state index in [1.165, 1.54) is 0 Å². The molecule has 4 aromatic rings. The molecule has 1 aliphatic heterocycles. The normalized spacial score (nSPS) is 16.6. The zero-order valence-corrected chi connectivity index (χ0v) is 24.9. The molecule has 1 fully saturated rings. The molecule has 2 aromatic carbocycles. The maximum absolute atomic E-state index is 12.1. The lowest BCUT2D eigenvalue weighted by Gasteiger charge is -2.29. The van der Waals surface area contributed by atoms with Crippen molar-refractivity contribution in [3.05, 3.63) is 99.6 Å². The van der Waals surface area contributed by atoms with E-state index in [1.807, 2.05) is 48.5 Å². The summed E-state index contributed by atoms with van der Waals surface area (Å²) < 4.78 is 7.79. The van der Waals surface area contributed by atoms with Gasteiger partial charge in [0.1, 0.15) is 5.75 Å². The van der Waals surface area contributed by atoms with E-state index in [-0.39, 0.29) is 18.0 Å². The molecule has 0 radical (unpaired) electrons. The molecule has 3 heterocycles. The summed E-state index contributed by atoms with van der Waals surface area (Å²) in [6, 6.07) is 18.7. The third-order valence-corrected chi connectivity index (χ3v) is 7.95. The molecule has 40 heavy (non-hydrogen) atoms. The zero-order valence-electron chi connectivity index (χ0n) is 22.5. The van der Waals surface area contributed by atoms with Crippen LogP contribution >= 0.6 is 35.4 Å². The molecule has 0 bridgehead atoms. The topological polar surface area (TPSA) is 71.4 Å². The summed E-state index contributed by atoms with van der Waals surface area (Å²) in [5.41, 5.74) is 6.23. The molecule has 1 amide bonds. The molecule has 1 saturated heterocycles. The van der Waals surface area contributed by atoms with E-state index >= 15 is 0 Å². The van der Waals surface area contributed by atoms with Gasteiger partial charge < -0.3 is 24.8 Å². The summed E-state index contributed by atoms with van der Waals surface area (Å²) in [6.07, 6.45) is 2.15. The Hall–Kier alpha value is -3.59. The molecule has 7 nitrogen and oxygen atoms in total. The lowest BCUT2D eigenvalue weighted by Crippen LogP contribution is -2.29. The van der Waals surface area contributed by atoms with Gasteiger partial charge in [-0.2, -0.15) is 0 Å². The largest absolute Gasteiger partial charge is 0.494 e. The molecule has 0 aliphatic carbocycles. The molecule has 10 heteroatoms.